The highest BCUT2D eigenvalue weighted by atomic mass is 16.5. The molecular weight excluding hydrogens is 332 g/mol. The zero-order valence-corrected chi connectivity index (χ0v) is 15.2. The first-order valence-corrected chi connectivity index (χ1v) is 8.48. The molecule has 2 aromatic rings. The molecule has 1 aliphatic heterocycles. The first-order valence-electron chi connectivity index (χ1n) is 8.48. The van der Waals surface area contributed by atoms with Crippen molar-refractivity contribution in [3.05, 3.63) is 47.5 Å². The number of rotatable bonds is 4. The van der Waals surface area contributed by atoms with Gasteiger partial charge in [0.15, 0.2) is 0 Å². The second-order valence-corrected chi connectivity index (χ2v) is 6.15. The van der Waals surface area contributed by atoms with E-state index in [2.05, 4.69) is 5.32 Å². The molecule has 136 valence electrons. The summed E-state index contributed by atoms with van der Waals surface area (Å²) < 4.78 is 10.8. The van der Waals surface area contributed by atoms with Crippen molar-refractivity contribution in [3.63, 3.8) is 0 Å². The summed E-state index contributed by atoms with van der Waals surface area (Å²) in [4.78, 5) is 25.9. The summed E-state index contributed by atoms with van der Waals surface area (Å²) in [5.41, 5.74) is 3.07. The summed E-state index contributed by atoms with van der Waals surface area (Å²) in [7, 11) is 3.22. The first-order chi connectivity index (χ1) is 12.5. The molecule has 6 heteroatoms. The number of nitrogens with zero attached hydrogens (tertiary/aromatic N) is 1. The normalized spacial score (nSPS) is 13.0. The molecule has 6 nitrogen and oxygen atoms in total. The van der Waals surface area contributed by atoms with Crippen LogP contribution in [-0.2, 0) is 11.2 Å². The van der Waals surface area contributed by atoms with Crippen LogP contribution in [0.3, 0.4) is 0 Å². The zero-order valence-electron chi connectivity index (χ0n) is 15.2. The highest BCUT2D eigenvalue weighted by Gasteiger charge is 2.26. The average molecular weight is 354 g/mol. The molecule has 2 aromatic carbocycles. The second-order valence-electron chi connectivity index (χ2n) is 6.15. The van der Waals surface area contributed by atoms with Crippen LogP contribution in [0, 0.1) is 0 Å². The Bertz CT molecular complexity index is 830. The van der Waals surface area contributed by atoms with Crippen LogP contribution in [0.4, 0.5) is 11.4 Å². The largest absolute Gasteiger partial charge is 0.497 e. The smallest absolute Gasteiger partial charge is 0.258 e. The molecule has 0 fully saturated rings. The molecule has 0 radical (unpaired) electrons. The van der Waals surface area contributed by atoms with E-state index < -0.39 is 0 Å². The Labute approximate surface area is 152 Å². The van der Waals surface area contributed by atoms with Crippen LogP contribution in [0.15, 0.2) is 36.4 Å². The van der Waals surface area contributed by atoms with E-state index in [1.807, 2.05) is 12.1 Å². The number of methoxy groups -OCH3 is 2. The third-order valence-electron chi connectivity index (χ3n) is 4.41. The number of carbonyl (C=O) groups is 2. The Balaban J connectivity index is 1.93. The fraction of sp³-hybridized carbons (Fsp3) is 0.300. The van der Waals surface area contributed by atoms with Gasteiger partial charge in [-0.25, -0.2) is 0 Å². The van der Waals surface area contributed by atoms with E-state index in [0.29, 0.717) is 23.5 Å². The fourth-order valence-electron chi connectivity index (χ4n) is 3.20. The summed E-state index contributed by atoms with van der Waals surface area (Å²) in [5.74, 6) is 1.16. The van der Waals surface area contributed by atoms with Crippen molar-refractivity contribution < 1.29 is 19.1 Å². The maximum absolute atomic E-state index is 13.1. The molecule has 0 aliphatic carbocycles. The molecule has 0 saturated carbocycles. The summed E-state index contributed by atoms with van der Waals surface area (Å²) >= 11 is 0. The van der Waals surface area contributed by atoms with Crippen molar-refractivity contribution in [3.8, 4) is 11.5 Å². The molecule has 2 amide bonds. The van der Waals surface area contributed by atoms with Crippen LogP contribution in [0.2, 0.25) is 0 Å². The summed E-state index contributed by atoms with van der Waals surface area (Å²) in [6.07, 6.45) is 1.72. The van der Waals surface area contributed by atoms with Crippen LogP contribution in [0.5, 0.6) is 11.5 Å². The van der Waals surface area contributed by atoms with Gasteiger partial charge in [-0.1, -0.05) is 0 Å². The van der Waals surface area contributed by atoms with Crippen molar-refractivity contribution in [2.45, 2.75) is 19.8 Å². The molecule has 0 unspecified atom stereocenters. The van der Waals surface area contributed by atoms with Gasteiger partial charge in [0.25, 0.3) is 5.91 Å². The highest BCUT2D eigenvalue weighted by Crippen LogP contribution is 2.38. The molecule has 1 aliphatic rings. The van der Waals surface area contributed by atoms with Gasteiger partial charge in [-0.2, -0.15) is 0 Å². The zero-order chi connectivity index (χ0) is 18.7. The standard InChI is InChI=1S/C20H22N2O4/c1-13(23)21-15-8-6-14(7-9-15)20(24)22-10-4-5-17-18(22)11-16(25-2)12-19(17)26-3/h6-9,11-12H,4-5,10H2,1-3H3,(H,21,23). The quantitative estimate of drug-likeness (QED) is 0.915. The van der Waals surface area contributed by atoms with Crippen LogP contribution < -0.4 is 19.7 Å². The third kappa shape index (κ3) is 3.49. The van der Waals surface area contributed by atoms with Gasteiger partial charge in [0.2, 0.25) is 5.91 Å². The molecular formula is C20H22N2O4. The molecule has 0 atom stereocenters. The molecule has 1 heterocycles. The fourth-order valence-corrected chi connectivity index (χ4v) is 3.20. The summed E-state index contributed by atoms with van der Waals surface area (Å²) in [5, 5.41) is 2.70. The van der Waals surface area contributed by atoms with Crippen molar-refractivity contribution in [1.82, 2.24) is 0 Å². The number of hydrogen-bond acceptors (Lipinski definition) is 4. The predicted octanol–water partition coefficient (Wildman–Crippen LogP) is 3.26. The van der Waals surface area contributed by atoms with Crippen molar-refractivity contribution in [2.24, 2.45) is 0 Å². The van der Waals surface area contributed by atoms with Crippen molar-refractivity contribution in [1.29, 1.82) is 0 Å². The molecule has 0 bridgehead atoms. The number of hydrogen-bond donors (Lipinski definition) is 1. The Morgan fingerprint density at radius 2 is 1.81 bits per heavy atom. The minimum Gasteiger partial charge on any atom is -0.497 e. The Kier molecular flexibility index (Phi) is 5.11. The van der Waals surface area contributed by atoms with E-state index in [-0.39, 0.29) is 11.8 Å². The number of benzene rings is 2. The minimum absolute atomic E-state index is 0.0874. The lowest BCUT2D eigenvalue weighted by atomic mass is 9.99. The lowest BCUT2D eigenvalue weighted by molar-refractivity contribution is -0.114. The molecule has 3 rings (SSSR count). The molecule has 0 aromatic heterocycles. The van der Waals surface area contributed by atoms with Crippen LogP contribution in [0.25, 0.3) is 0 Å². The number of ether oxygens (including phenoxy) is 2. The van der Waals surface area contributed by atoms with Gasteiger partial charge in [0.05, 0.1) is 19.9 Å². The van der Waals surface area contributed by atoms with E-state index in [1.54, 1.807) is 43.4 Å². The Hall–Kier alpha value is -3.02. The molecule has 0 saturated heterocycles. The monoisotopic (exact) mass is 354 g/mol. The SMILES string of the molecule is COc1cc(OC)c2c(c1)N(C(=O)c1ccc(NC(C)=O)cc1)CCC2. The van der Waals surface area contributed by atoms with Crippen LogP contribution >= 0.6 is 0 Å². The van der Waals surface area contributed by atoms with E-state index in [0.717, 1.165) is 29.8 Å². The third-order valence-corrected chi connectivity index (χ3v) is 4.41. The average Bonchev–Trinajstić information content (AvgIpc) is 2.66. The number of nitrogens with one attached hydrogen (secondary N) is 1. The van der Waals surface area contributed by atoms with Gasteiger partial charge in [-0.3, -0.25) is 9.59 Å². The molecule has 1 N–H and O–H groups in total. The van der Waals surface area contributed by atoms with E-state index in [4.69, 9.17) is 9.47 Å². The lowest BCUT2D eigenvalue weighted by Crippen LogP contribution is -2.35. The van der Waals surface area contributed by atoms with Gasteiger partial charge in [-0.15, -0.1) is 0 Å². The topological polar surface area (TPSA) is 67.9 Å². The predicted molar refractivity (Wildman–Crippen MR) is 100 cm³/mol. The van der Waals surface area contributed by atoms with Crippen molar-refractivity contribution in [2.75, 3.05) is 31.0 Å². The van der Waals surface area contributed by atoms with Crippen molar-refractivity contribution >= 4 is 23.2 Å². The van der Waals surface area contributed by atoms with Gasteiger partial charge in [0, 0.05) is 42.4 Å². The van der Waals surface area contributed by atoms with Gasteiger partial charge >= 0.3 is 0 Å². The van der Waals surface area contributed by atoms with E-state index in [9.17, 15) is 9.59 Å². The molecule has 0 spiro atoms. The Morgan fingerprint density at radius 3 is 2.42 bits per heavy atom. The number of carbonyl (C=O) groups excluding carboxylic acids is 2. The molecule has 26 heavy (non-hydrogen) atoms. The van der Waals surface area contributed by atoms with Gasteiger partial charge in [-0.05, 0) is 37.1 Å². The lowest BCUT2D eigenvalue weighted by Gasteiger charge is -2.31. The first kappa shape index (κ1) is 17.8. The Morgan fingerprint density at radius 1 is 1.08 bits per heavy atom. The van der Waals surface area contributed by atoms with Gasteiger partial charge in [0.1, 0.15) is 11.5 Å². The van der Waals surface area contributed by atoms with Gasteiger partial charge < -0.3 is 19.7 Å². The maximum Gasteiger partial charge on any atom is 0.258 e. The number of fused-ring (bicyclic) bond motifs is 1. The van der Waals surface area contributed by atoms with Crippen LogP contribution in [-0.4, -0.2) is 32.6 Å². The number of anilines is 2. The summed E-state index contributed by atoms with van der Waals surface area (Å²) in [6.45, 7) is 2.08. The highest BCUT2D eigenvalue weighted by molar-refractivity contribution is 6.07. The van der Waals surface area contributed by atoms with Crippen LogP contribution in [0.1, 0.15) is 29.3 Å². The maximum atomic E-state index is 13.1. The van der Waals surface area contributed by atoms with E-state index in [1.165, 1.54) is 6.92 Å². The summed E-state index contributed by atoms with van der Waals surface area (Å²) in [6, 6.07) is 10.6. The number of amides is 2. The second kappa shape index (κ2) is 7.47. The minimum atomic E-state index is -0.145. The van der Waals surface area contributed by atoms with E-state index >= 15 is 0 Å².